The van der Waals surface area contributed by atoms with E-state index in [9.17, 15) is 4.79 Å². The molecule has 0 fully saturated rings. The lowest BCUT2D eigenvalue weighted by Crippen LogP contribution is -2.44. The number of hydrogen-bond donors (Lipinski definition) is 0. The van der Waals surface area contributed by atoms with Gasteiger partial charge >= 0.3 is 0 Å². The summed E-state index contributed by atoms with van der Waals surface area (Å²) in [5.41, 5.74) is 0.812. The molecule has 0 saturated heterocycles. The van der Waals surface area contributed by atoms with Crippen molar-refractivity contribution < 1.29 is 9.22 Å². The first kappa shape index (κ1) is 15.4. The van der Waals surface area contributed by atoms with Gasteiger partial charge in [-0.05, 0) is 37.6 Å². The Morgan fingerprint density at radius 3 is 2.50 bits per heavy atom. The average Bonchev–Trinajstić information content (AvgIpc) is 2.21. The molecule has 102 valence electrons. The second kappa shape index (κ2) is 5.53. The van der Waals surface area contributed by atoms with Crippen LogP contribution in [0.1, 0.15) is 40.5 Å². The molecular weight excluding hydrogens is 240 g/mol. The maximum absolute atomic E-state index is 11.7. The van der Waals surface area contributed by atoms with Crippen molar-refractivity contribution in [3.63, 3.8) is 0 Å². The maximum atomic E-state index is 11.7. The van der Waals surface area contributed by atoms with Crippen LogP contribution in [0.4, 0.5) is 0 Å². The lowest BCUT2D eigenvalue weighted by atomic mass is 9.96. The fourth-order valence-corrected chi connectivity index (χ4v) is 3.07. The zero-order valence-corrected chi connectivity index (χ0v) is 13.5. The monoisotopic (exact) mass is 266 g/mol. The first-order chi connectivity index (χ1) is 8.17. The van der Waals surface area contributed by atoms with Crippen LogP contribution in [0, 0.1) is 0 Å². The predicted octanol–water partition coefficient (Wildman–Crippen LogP) is 4.24. The summed E-state index contributed by atoms with van der Waals surface area (Å²) in [6.45, 7) is 13.2. The molecule has 0 radical (unpaired) electrons. The quantitative estimate of drug-likeness (QED) is 0.714. The number of Topliss-reactive ketones (excluding diaryl/α,β-unsaturated/α-hetero) is 1. The molecule has 1 aliphatic rings. The largest absolute Gasteiger partial charge is 0.411 e. The minimum absolute atomic E-state index is 0.106. The van der Waals surface area contributed by atoms with Gasteiger partial charge in [0.2, 0.25) is 0 Å². The van der Waals surface area contributed by atoms with Crippen molar-refractivity contribution in [2.75, 3.05) is 0 Å². The Morgan fingerprint density at radius 2 is 2.00 bits per heavy atom. The Balaban J connectivity index is 2.84. The summed E-state index contributed by atoms with van der Waals surface area (Å²) in [4.78, 5) is 11.7. The number of carbonyl (C=O) groups is 1. The molecule has 0 aromatic rings. The van der Waals surface area contributed by atoms with E-state index >= 15 is 0 Å². The summed E-state index contributed by atoms with van der Waals surface area (Å²) < 4.78 is 6.34. The first-order valence-corrected chi connectivity index (χ1v) is 9.64. The predicted molar refractivity (Wildman–Crippen MR) is 79.2 cm³/mol. The molecule has 0 saturated carbocycles. The smallest absolute Gasteiger partial charge is 0.192 e. The number of hydrogen-bond acceptors (Lipinski definition) is 2. The van der Waals surface area contributed by atoms with E-state index < -0.39 is 8.32 Å². The summed E-state index contributed by atoms with van der Waals surface area (Å²) in [6, 6.07) is 0. The van der Waals surface area contributed by atoms with E-state index in [0.717, 1.165) is 12.0 Å². The van der Waals surface area contributed by atoms with Crippen molar-refractivity contribution in [3.05, 3.63) is 23.8 Å². The van der Waals surface area contributed by atoms with Crippen molar-refractivity contribution in [1.29, 1.82) is 0 Å². The third-order valence-electron chi connectivity index (χ3n) is 3.94. The van der Waals surface area contributed by atoms with Crippen LogP contribution in [-0.4, -0.2) is 20.2 Å². The normalized spacial score (nSPS) is 22.4. The van der Waals surface area contributed by atoms with Gasteiger partial charge in [-0.2, -0.15) is 0 Å². The molecule has 2 nitrogen and oxygen atoms in total. The van der Waals surface area contributed by atoms with E-state index in [4.69, 9.17) is 4.43 Å². The molecule has 0 bridgehead atoms. The number of carbonyl (C=O) groups excluding carboxylic acids is 1. The van der Waals surface area contributed by atoms with Crippen molar-refractivity contribution in [2.45, 2.75) is 64.8 Å². The molecule has 0 amide bonds. The van der Waals surface area contributed by atoms with Gasteiger partial charge in [-0.1, -0.05) is 32.9 Å². The van der Waals surface area contributed by atoms with Gasteiger partial charge in [-0.25, -0.2) is 0 Å². The molecule has 18 heavy (non-hydrogen) atoms. The zero-order valence-electron chi connectivity index (χ0n) is 12.5. The Labute approximate surface area is 112 Å². The molecule has 0 heterocycles. The number of ketones is 1. The van der Waals surface area contributed by atoms with Crippen LogP contribution in [0.15, 0.2) is 23.8 Å². The Morgan fingerprint density at radius 1 is 1.39 bits per heavy atom. The van der Waals surface area contributed by atoms with E-state index in [2.05, 4.69) is 33.9 Å². The minimum Gasteiger partial charge on any atom is -0.411 e. The fourth-order valence-electron chi connectivity index (χ4n) is 1.77. The SMILES string of the molecule is C/C=C\C1=C[C@@H](O[Si](C)(C)C(C)(C)C)CCC1=O. The highest BCUT2D eigenvalue weighted by molar-refractivity contribution is 6.74. The standard InChI is InChI=1S/C15H26O2Si/c1-7-8-12-11-13(9-10-14(12)16)17-18(5,6)15(2,3)4/h7-8,11,13H,9-10H2,1-6H3/b8-7-/t13-/m0/s1. The van der Waals surface area contributed by atoms with Crippen LogP contribution < -0.4 is 0 Å². The van der Waals surface area contributed by atoms with Gasteiger partial charge in [-0.3, -0.25) is 4.79 Å². The van der Waals surface area contributed by atoms with E-state index in [1.165, 1.54) is 0 Å². The van der Waals surface area contributed by atoms with Crippen LogP contribution in [-0.2, 0) is 9.22 Å². The molecule has 1 atom stereocenters. The molecule has 0 aromatic heterocycles. The second-order valence-corrected chi connectivity index (χ2v) is 11.3. The molecule has 1 rings (SSSR count). The summed E-state index contributed by atoms with van der Waals surface area (Å²) in [7, 11) is -1.75. The van der Waals surface area contributed by atoms with Crippen molar-refractivity contribution in [3.8, 4) is 0 Å². The zero-order chi connectivity index (χ0) is 14.0. The third-order valence-corrected chi connectivity index (χ3v) is 8.45. The summed E-state index contributed by atoms with van der Waals surface area (Å²) in [5, 5.41) is 0.211. The van der Waals surface area contributed by atoms with Gasteiger partial charge in [0.1, 0.15) is 0 Å². The molecule has 0 N–H and O–H groups in total. The van der Waals surface area contributed by atoms with Gasteiger partial charge in [0.25, 0.3) is 0 Å². The first-order valence-electron chi connectivity index (χ1n) is 6.73. The highest BCUT2D eigenvalue weighted by Gasteiger charge is 2.39. The van der Waals surface area contributed by atoms with Crippen molar-refractivity contribution in [1.82, 2.24) is 0 Å². The molecule has 0 spiro atoms. The lowest BCUT2D eigenvalue weighted by molar-refractivity contribution is -0.116. The fraction of sp³-hybridized carbons (Fsp3) is 0.667. The number of allylic oxidation sites excluding steroid dienone is 3. The van der Waals surface area contributed by atoms with E-state index in [1.807, 2.05) is 25.2 Å². The molecule has 0 aromatic carbocycles. The van der Waals surface area contributed by atoms with E-state index in [0.29, 0.717) is 6.42 Å². The summed E-state index contributed by atoms with van der Waals surface area (Å²) >= 11 is 0. The van der Waals surface area contributed by atoms with Crippen LogP contribution >= 0.6 is 0 Å². The van der Waals surface area contributed by atoms with Crippen LogP contribution in [0.25, 0.3) is 0 Å². The topological polar surface area (TPSA) is 26.3 Å². The summed E-state index contributed by atoms with van der Waals surface area (Å²) in [6.07, 6.45) is 7.35. The minimum atomic E-state index is -1.75. The van der Waals surface area contributed by atoms with E-state index in [1.54, 1.807) is 0 Å². The van der Waals surface area contributed by atoms with Gasteiger partial charge in [0.15, 0.2) is 14.1 Å². The second-order valence-electron chi connectivity index (χ2n) is 6.50. The van der Waals surface area contributed by atoms with Crippen molar-refractivity contribution in [2.24, 2.45) is 0 Å². The third kappa shape index (κ3) is 3.66. The molecule has 0 unspecified atom stereocenters. The highest BCUT2D eigenvalue weighted by Crippen LogP contribution is 2.38. The Bertz CT molecular complexity index is 372. The van der Waals surface area contributed by atoms with Crippen LogP contribution in [0.2, 0.25) is 18.1 Å². The van der Waals surface area contributed by atoms with Gasteiger partial charge in [-0.15, -0.1) is 0 Å². The average molecular weight is 266 g/mol. The Kier molecular flexibility index (Phi) is 4.73. The van der Waals surface area contributed by atoms with Crippen LogP contribution in [0.3, 0.4) is 0 Å². The van der Waals surface area contributed by atoms with Gasteiger partial charge in [0.05, 0.1) is 6.10 Å². The Hall–Kier alpha value is -0.673. The van der Waals surface area contributed by atoms with Gasteiger partial charge in [0, 0.05) is 12.0 Å². The van der Waals surface area contributed by atoms with Gasteiger partial charge < -0.3 is 4.43 Å². The summed E-state index contributed by atoms with van der Waals surface area (Å²) in [5.74, 6) is 0.239. The lowest BCUT2D eigenvalue weighted by Gasteiger charge is -2.39. The van der Waals surface area contributed by atoms with Crippen LogP contribution in [0.5, 0.6) is 0 Å². The van der Waals surface area contributed by atoms with E-state index in [-0.39, 0.29) is 16.9 Å². The maximum Gasteiger partial charge on any atom is 0.192 e. The molecular formula is C15H26O2Si. The van der Waals surface area contributed by atoms with Crippen molar-refractivity contribution >= 4 is 14.1 Å². The molecule has 1 aliphatic carbocycles. The molecule has 3 heteroatoms. The number of rotatable bonds is 3. The highest BCUT2D eigenvalue weighted by atomic mass is 28.4. The molecule has 0 aliphatic heterocycles.